The highest BCUT2D eigenvalue weighted by Crippen LogP contribution is 2.27. The number of aliphatic carboxylic acids is 1. The van der Waals surface area contributed by atoms with Gasteiger partial charge in [-0.05, 0) is 46.5 Å². The van der Waals surface area contributed by atoms with E-state index >= 15 is 0 Å². The van der Waals surface area contributed by atoms with E-state index in [1.807, 2.05) is 6.92 Å². The summed E-state index contributed by atoms with van der Waals surface area (Å²) in [6.45, 7) is 6.88. The van der Waals surface area contributed by atoms with Crippen LogP contribution in [-0.4, -0.2) is 46.2 Å². The monoisotopic (exact) mass is 254 g/mol. The van der Waals surface area contributed by atoms with E-state index < -0.39 is 11.5 Å². The highest BCUT2D eigenvalue weighted by Gasteiger charge is 2.41. The third kappa shape index (κ3) is 3.04. The first-order valence-corrected chi connectivity index (χ1v) is 7.19. The predicted octanol–water partition coefficient (Wildman–Crippen LogP) is 1.84. The van der Waals surface area contributed by atoms with Crippen LogP contribution in [0.2, 0.25) is 0 Å². The van der Waals surface area contributed by atoms with Crippen molar-refractivity contribution in [2.75, 3.05) is 6.54 Å². The molecule has 0 radical (unpaired) electrons. The van der Waals surface area contributed by atoms with Crippen molar-refractivity contribution < 1.29 is 9.90 Å². The minimum atomic E-state index is -0.805. The van der Waals surface area contributed by atoms with Gasteiger partial charge < -0.3 is 5.11 Å². The molecule has 0 aromatic rings. The fourth-order valence-corrected chi connectivity index (χ4v) is 3.00. The van der Waals surface area contributed by atoms with Crippen LogP contribution >= 0.6 is 0 Å². The van der Waals surface area contributed by atoms with Gasteiger partial charge in [-0.15, -0.1) is 0 Å². The van der Waals surface area contributed by atoms with E-state index in [0.717, 1.165) is 12.8 Å². The third-order valence-corrected chi connectivity index (χ3v) is 4.45. The Kier molecular flexibility index (Phi) is 3.97. The summed E-state index contributed by atoms with van der Waals surface area (Å²) >= 11 is 0. The maximum Gasteiger partial charge on any atom is 0.324 e. The molecule has 0 aromatic heterocycles. The average Bonchev–Trinajstić information content (AvgIpc) is 3.07. The van der Waals surface area contributed by atoms with Gasteiger partial charge in [0.25, 0.3) is 0 Å². The van der Waals surface area contributed by atoms with Crippen LogP contribution in [-0.2, 0) is 4.79 Å². The predicted molar refractivity (Wildman–Crippen MR) is 71.7 cm³/mol. The number of likely N-dealkylation sites (tertiary alicyclic amines) is 1. The van der Waals surface area contributed by atoms with Crippen LogP contribution < -0.4 is 5.32 Å². The molecule has 1 aliphatic heterocycles. The van der Waals surface area contributed by atoms with Crippen molar-refractivity contribution in [3.05, 3.63) is 0 Å². The topological polar surface area (TPSA) is 52.6 Å². The Hall–Kier alpha value is -0.610. The molecule has 2 N–H and O–H groups in total. The molecular weight excluding hydrogens is 228 g/mol. The van der Waals surface area contributed by atoms with E-state index in [-0.39, 0.29) is 0 Å². The molecule has 1 saturated heterocycles. The smallest absolute Gasteiger partial charge is 0.324 e. The Labute approximate surface area is 110 Å². The minimum Gasteiger partial charge on any atom is -0.480 e. The van der Waals surface area contributed by atoms with Crippen molar-refractivity contribution in [3.8, 4) is 0 Å². The lowest BCUT2D eigenvalue weighted by molar-refractivity contribution is -0.146. The molecule has 4 nitrogen and oxygen atoms in total. The average molecular weight is 254 g/mol. The number of hydrogen-bond acceptors (Lipinski definition) is 3. The third-order valence-electron chi connectivity index (χ3n) is 4.45. The molecule has 2 aliphatic rings. The lowest BCUT2D eigenvalue weighted by Gasteiger charge is -2.43. The molecule has 0 bridgehead atoms. The lowest BCUT2D eigenvalue weighted by atomic mass is 9.93. The van der Waals surface area contributed by atoms with E-state index in [2.05, 4.69) is 24.1 Å². The van der Waals surface area contributed by atoms with Crippen LogP contribution in [0.3, 0.4) is 0 Å². The zero-order valence-corrected chi connectivity index (χ0v) is 11.8. The Morgan fingerprint density at radius 2 is 1.83 bits per heavy atom. The number of hydrogen-bond donors (Lipinski definition) is 2. The molecule has 1 aliphatic carbocycles. The van der Waals surface area contributed by atoms with E-state index in [0.29, 0.717) is 24.7 Å². The Balaban J connectivity index is 2.04. The largest absolute Gasteiger partial charge is 0.480 e. The van der Waals surface area contributed by atoms with Crippen molar-refractivity contribution in [2.45, 2.75) is 76.5 Å². The van der Waals surface area contributed by atoms with Crippen LogP contribution in [0.15, 0.2) is 0 Å². The van der Waals surface area contributed by atoms with Gasteiger partial charge >= 0.3 is 5.97 Å². The van der Waals surface area contributed by atoms with Gasteiger partial charge in [-0.2, -0.15) is 0 Å². The maximum absolute atomic E-state index is 11.6. The number of carboxylic acid groups (broad SMARTS) is 1. The SMILES string of the molecule is CC1CCCC(C)N1CC(C)(NC1CC1)C(=O)O. The quantitative estimate of drug-likeness (QED) is 0.786. The Morgan fingerprint density at radius 3 is 2.28 bits per heavy atom. The number of rotatable bonds is 5. The van der Waals surface area contributed by atoms with Gasteiger partial charge in [0.1, 0.15) is 5.54 Å². The van der Waals surface area contributed by atoms with E-state index in [9.17, 15) is 9.90 Å². The standard InChI is InChI=1S/C14H26N2O2/c1-10-5-4-6-11(2)16(10)9-14(3,13(17)18)15-12-7-8-12/h10-12,15H,4-9H2,1-3H3,(H,17,18). The first-order chi connectivity index (χ1) is 8.42. The summed E-state index contributed by atoms with van der Waals surface area (Å²) < 4.78 is 0. The molecule has 1 saturated carbocycles. The molecule has 0 aromatic carbocycles. The summed E-state index contributed by atoms with van der Waals surface area (Å²) in [5.41, 5.74) is -0.805. The normalized spacial score (nSPS) is 33.1. The van der Waals surface area contributed by atoms with Gasteiger partial charge in [0, 0.05) is 24.7 Å². The molecular formula is C14H26N2O2. The van der Waals surface area contributed by atoms with Crippen LogP contribution in [0.5, 0.6) is 0 Å². The van der Waals surface area contributed by atoms with Gasteiger partial charge in [0.15, 0.2) is 0 Å². The van der Waals surface area contributed by atoms with Crippen LogP contribution in [0.1, 0.15) is 52.9 Å². The summed E-state index contributed by atoms with van der Waals surface area (Å²) in [6, 6.07) is 1.41. The van der Waals surface area contributed by atoms with Crippen molar-refractivity contribution >= 4 is 5.97 Å². The summed E-state index contributed by atoms with van der Waals surface area (Å²) in [4.78, 5) is 14.0. The Bertz CT molecular complexity index is 307. The maximum atomic E-state index is 11.6. The minimum absolute atomic E-state index is 0.418. The molecule has 3 unspecified atom stereocenters. The van der Waals surface area contributed by atoms with Crippen molar-refractivity contribution in [1.82, 2.24) is 10.2 Å². The molecule has 18 heavy (non-hydrogen) atoms. The number of piperidine rings is 1. The van der Waals surface area contributed by atoms with Gasteiger partial charge in [0.2, 0.25) is 0 Å². The zero-order chi connectivity index (χ0) is 13.3. The van der Waals surface area contributed by atoms with Crippen molar-refractivity contribution in [2.24, 2.45) is 0 Å². The van der Waals surface area contributed by atoms with E-state index in [1.54, 1.807) is 0 Å². The van der Waals surface area contributed by atoms with Crippen LogP contribution in [0.25, 0.3) is 0 Å². The lowest BCUT2D eigenvalue weighted by Crippen LogP contribution is -2.61. The molecule has 2 rings (SSSR count). The molecule has 104 valence electrons. The first kappa shape index (κ1) is 13.8. The van der Waals surface area contributed by atoms with E-state index in [4.69, 9.17) is 0 Å². The van der Waals surface area contributed by atoms with Crippen molar-refractivity contribution in [1.29, 1.82) is 0 Å². The second-order valence-corrected chi connectivity index (χ2v) is 6.36. The van der Waals surface area contributed by atoms with Gasteiger partial charge in [-0.25, -0.2) is 0 Å². The second kappa shape index (κ2) is 5.17. The summed E-state index contributed by atoms with van der Waals surface area (Å²) in [5.74, 6) is -0.723. The zero-order valence-electron chi connectivity index (χ0n) is 11.8. The van der Waals surface area contributed by atoms with Gasteiger partial charge in [0.05, 0.1) is 0 Å². The summed E-state index contributed by atoms with van der Waals surface area (Å²) in [6.07, 6.45) is 5.87. The number of nitrogens with one attached hydrogen (secondary N) is 1. The van der Waals surface area contributed by atoms with Crippen LogP contribution in [0, 0.1) is 0 Å². The van der Waals surface area contributed by atoms with Gasteiger partial charge in [-0.1, -0.05) is 6.42 Å². The molecule has 3 atom stereocenters. The molecule has 4 heteroatoms. The van der Waals surface area contributed by atoms with Crippen LogP contribution in [0.4, 0.5) is 0 Å². The molecule has 0 spiro atoms. The summed E-state index contributed by atoms with van der Waals surface area (Å²) in [7, 11) is 0. The second-order valence-electron chi connectivity index (χ2n) is 6.36. The van der Waals surface area contributed by atoms with Gasteiger partial charge in [-0.3, -0.25) is 15.0 Å². The molecule has 0 amide bonds. The highest BCUT2D eigenvalue weighted by atomic mass is 16.4. The molecule has 2 fully saturated rings. The van der Waals surface area contributed by atoms with E-state index in [1.165, 1.54) is 19.3 Å². The Morgan fingerprint density at radius 1 is 1.28 bits per heavy atom. The fourth-order valence-electron chi connectivity index (χ4n) is 3.00. The number of nitrogens with zero attached hydrogens (tertiary/aromatic N) is 1. The fraction of sp³-hybridized carbons (Fsp3) is 0.929. The number of carbonyl (C=O) groups is 1. The highest BCUT2D eigenvalue weighted by molar-refractivity contribution is 5.78. The first-order valence-electron chi connectivity index (χ1n) is 7.19. The summed E-state index contributed by atoms with van der Waals surface area (Å²) in [5, 5.41) is 12.8. The number of carboxylic acids is 1. The molecule has 1 heterocycles. The van der Waals surface area contributed by atoms with Crippen molar-refractivity contribution in [3.63, 3.8) is 0 Å².